The number of aliphatic hydroxyl groups is 1. The summed E-state index contributed by atoms with van der Waals surface area (Å²) in [6.45, 7) is 8.25. The van der Waals surface area contributed by atoms with Crippen LogP contribution in [0.1, 0.15) is 26.3 Å². The van der Waals surface area contributed by atoms with Crippen LogP contribution in [0.4, 0.5) is 0 Å². The molecule has 1 atom stereocenters. The van der Waals surface area contributed by atoms with E-state index in [2.05, 4.69) is 31.7 Å². The maximum Gasteiger partial charge on any atom is 0.119 e. The highest BCUT2D eigenvalue weighted by Crippen LogP contribution is 2.15. The Morgan fingerprint density at radius 3 is 2.40 bits per heavy atom. The lowest BCUT2D eigenvalue weighted by Gasteiger charge is -2.28. The molecule has 0 aromatic heterocycles. The number of benzene rings is 1. The fourth-order valence-electron chi connectivity index (χ4n) is 2.10. The normalized spacial score (nSPS) is 13.1. The van der Waals surface area contributed by atoms with Gasteiger partial charge in [0.15, 0.2) is 0 Å². The second-order valence-corrected chi connectivity index (χ2v) is 6.36. The van der Waals surface area contributed by atoms with Crippen LogP contribution in [0, 0.1) is 16.7 Å². The molecule has 110 valence electrons. The van der Waals surface area contributed by atoms with Gasteiger partial charge in [-0.1, -0.05) is 20.8 Å². The Bertz CT molecular complexity index is 443. The lowest BCUT2D eigenvalue weighted by Crippen LogP contribution is -2.37. The predicted octanol–water partition coefficient (Wildman–Crippen LogP) is 2.28. The zero-order valence-electron chi connectivity index (χ0n) is 12.8. The number of ether oxygens (including phenoxy) is 1. The minimum atomic E-state index is -0.530. The smallest absolute Gasteiger partial charge is 0.119 e. The van der Waals surface area contributed by atoms with Crippen molar-refractivity contribution in [1.82, 2.24) is 4.90 Å². The fourth-order valence-corrected chi connectivity index (χ4v) is 2.10. The van der Waals surface area contributed by atoms with Gasteiger partial charge in [-0.3, -0.25) is 0 Å². The summed E-state index contributed by atoms with van der Waals surface area (Å²) >= 11 is 0. The van der Waals surface area contributed by atoms with Crippen LogP contribution >= 0.6 is 0 Å². The molecule has 1 rings (SSSR count). The molecule has 0 heterocycles. The molecule has 20 heavy (non-hydrogen) atoms. The standard InChI is InChI=1S/C16H24N2O2/c1-16(2,3)12-18(4)10-14(19)11-20-15-7-5-13(9-17)6-8-15/h5-8,14,19H,10-12H2,1-4H3. The molecule has 0 bridgehead atoms. The molecule has 1 aromatic carbocycles. The molecule has 1 N–H and O–H groups in total. The Morgan fingerprint density at radius 2 is 1.90 bits per heavy atom. The average molecular weight is 276 g/mol. The first-order valence-electron chi connectivity index (χ1n) is 6.80. The highest BCUT2D eigenvalue weighted by molar-refractivity contribution is 5.34. The molecule has 0 saturated carbocycles. The topological polar surface area (TPSA) is 56.5 Å². The van der Waals surface area contributed by atoms with E-state index in [9.17, 15) is 5.11 Å². The van der Waals surface area contributed by atoms with Gasteiger partial charge in [0, 0.05) is 13.1 Å². The van der Waals surface area contributed by atoms with E-state index in [1.54, 1.807) is 24.3 Å². The van der Waals surface area contributed by atoms with Gasteiger partial charge in [0.1, 0.15) is 18.5 Å². The molecule has 0 spiro atoms. The van der Waals surface area contributed by atoms with Crippen molar-refractivity contribution in [3.63, 3.8) is 0 Å². The van der Waals surface area contributed by atoms with Crippen LogP contribution in [0.5, 0.6) is 5.75 Å². The number of nitriles is 1. The van der Waals surface area contributed by atoms with Crippen molar-refractivity contribution in [3.05, 3.63) is 29.8 Å². The van der Waals surface area contributed by atoms with Crippen molar-refractivity contribution in [1.29, 1.82) is 5.26 Å². The molecule has 1 unspecified atom stereocenters. The Kier molecular flexibility index (Phi) is 6.00. The van der Waals surface area contributed by atoms with Gasteiger partial charge in [-0.15, -0.1) is 0 Å². The van der Waals surface area contributed by atoms with Crippen LogP contribution in [0.3, 0.4) is 0 Å². The number of likely N-dealkylation sites (N-methyl/N-ethyl adjacent to an activating group) is 1. The van der Waals surface area contributed by atoms with Gasteiger partial charge in [0.05, 0.1) is 11.6 Å². The molecule has 0 saturated heterocycles. The molecule has 0 fully saturated rings. The summed E-state index contributed by atoms with van der Waals surface area (Å²) in [6, 6.07) is 8.94. The average Bonchev–Trinajstić information content (AvgIpc) is 2.34. The van der Waals surface area contributed by atoms with E-state index in [0.29, 0.717) is 17.9 Å². The number of nitrogens with zero attached hydrogens (tertiary/aromatic N) is 2. The van der Waals surface area contributed by atoms with Gasteiger partial charge < -0.3 is 14.7 Å². The van der Waals surface area contributed by atoms with Crippen LogP contribution in [0.25, 0.3) is 0 Å². The number of rotatable bonds is 6. The van der Waals surface area contributed by atoms with Gasteiger partial charge in [-0.05, 0) is 36.7 Å². The zero-order chi connectivity index (χ0) is 15.2. The van der Waals surface area contributed by atoms with Gasteiger partial charge in [-0.25, -0.2) is 0 Å². The van der Waals surface area contributed by atoms with Crippen molar-refractivity contribution in [3.8, 4) is 11.8 Å². The first-order chi connectivity index (χ1) is 9.30. The molecule has 0 amide bonds. The molecule has 0 aliphatic carbocycles. The van der Waals surface area contributed by atoms with Crippen molar-refractivity contribution in [2.45, 2.75) is 26.9 Å². The summed E-state index contributed by atoms with van der Waals surface area (Å²) in [4.78, 5) is 2.10. The molecule has 0 radical (unpaired) electrons. The second kappa shape index (κ2) is 7.28. The third-order valence-electron chi connectivity index (χ3n) is 2.69. The van der Waals surface area contributed by atoms with Crippen LogP contribution in [0.15, 0.2) is 24.3 Å². The molecule has 1 aromatic rings. The first kappa shape index (κ1) is 16.5. The highest BCUT2D eigenvalue weighted by Gasteiger charge is 2.16. The minimum Gasteiger partial charge on any atom is -0.491 e. The zero-order valence-corrected chi connectivity index (χ0v) is 12.8. The summed E-state index contributed by atoms with van der Waals surface area (Å²) in [5, 5.41) is 18.7. The second-order valence-electron chi connectivity index (χ2n) is 6.36. The fraction of sp³-hybridized carbons (Fsp3) is 0.562. The van der Waals surface area contributed by atoms with Crippen LogP contribution < -0.4 is 4.74 Å². The Hall–Kier alpha value is -1.57. The SMILES string of the molecule is CN(CC(O)COc1ccc(C#N)cc1)CC(C)(C)C. The van der Waals surface area contributed by atoms with Gasteiger partial charge in [-0.2, -0.15) is 5.26 Å². The molecule has 0 aliphatic heterocycles. The van der Waals surface area contributed by atoms with E-state index in [-0.39, 0.29) is 12.0 Å². The van der Waals surface area contributed by atoms with E-state index in [1.165, 1.54) is 0 Å². The molecule has 0 aliphatic rings. The van der Waals surface area contributed by atoms with E-state index < -0.39 is 6.10 Å². The first-order valence-corrected chi connectivity index (χ1v) is 6.80. The molecular weight excluding hydrogens is 252 g/mol. The quantitative estimate of drug-likeness (QED) is 0.866. The van der Waals surface area contributed by atoms with E-state index in [0.717, 1.165) is 6.54 Å². The Morgan fingerprint density at radius 1 is 1.30 bits per heavy atom. The maximum absolute atomic E-state index is 9.96. The van der Waals surface area contributed by atoms with E-state index in [4.69, 9.17) is 10.00 Å². The van der Waals surface area contributed by atoms with Gasteiger partial charge >= 0.3 is 0 Å². The van der Waals surface area contributed by atoms with Crippen molar-refractivity contribution >= 4 is 0 Å². The lowest BCUT2D eigenvalue weighted by molar-refractivity contribution is 0.0667. The number of hydrogen-bond acceptors (Lipinski definition) is 4. The minimum absolute atomic E-state index is 0.211. The Labute approximate surface area is 121 Å². The van der Waals surface area contributed by atoms with Crippen molar-refractivity contribution < 1.29 is 9.84 Å². The molecule has 4 nitrogen and oxygen atoms in total. The summed E-state index contributed by atoms with van der Waals surface area (Å²) < 4.78 is 5.51. The molecule has 4 heteroatoms. The van der Waals surface area contributed by atoms with E-state index >= 15 is 0 Å². The number of aliphatic hydroxyl groups excluding tert-OH is 1. The van der Waals surface area contributed by atoms with Crippen molar-refractivity contribution in [2.24, 2.45) is 5.41 Å². The monoisotopic (exact) mass is 276 g/mol. The van der Waals surface area contributed by atoms with Crippen LogP contribution in [0.2, 0.25) is 0 Å². The predicted molar refractivity (Wildman–Crippen MR) is 79.6 cm³/mol. The van der Waals surface area contributed by atoms with Crippen molar-refractivity contribution in [2.75, 3.05) is 26.7 Å². The largest absolute Gasteiger partial charge is 0.491 e. The molecular formula is C16H24N2O2. The van der Waals surface area contributed by atoms with E-state index in [1.807, 2.05) is 7.05 Å². The Balaban J connectivity index is 2.35. The third kappa shape index (κ3) is 6.55. The van der Waals surface area contributed by atoms with Gasteiger partial charge in [0.2, 0.25) is 0 Å². The lowest BCUT2D eigenvalue weighted by atomic mass is 9.96. The van der Waals surface area contributed by atoms with Crippen LogP contribution in [-0.2, 0) is 0 Å². The van der Waals surface area contributed by atoms with Crippen LogP contribution in [-0.4, -0.2) is 42.9 Å². The summed E-state index contributed by atoms with van der Waals surface area (Å²) in [7, 11) is 2.00. The highest BCUT2D eigenvalue weighted by atomic mass is 16.5. The number of hydrogen-bond donors (Lipinski definition) is 1. The summed E-state index contributed by atoms with van der Waals surface area (Å²) in [5.41, 5.74) is 0.811. The summed E-state index contributed by atoms with van der Waals surface area (Å²) in [6.07, 6.45) is -0.530. The summed E-state index contributed by atoms with van der Waals surface area (Å²) in [5.74, 6) is 0.668. The maximum atomic E-state index is 9.96. The van der Waals surface area contributed by atoms with Gasteiger partial charge in [0.25, 0.3) is 0 Å². The third-order valence-corrected chi connectivity index (χ3v) is 2.69.